The van der Waals surface area contributed by atoms with Crippen LogP contribution in [0.1, 0.15) is 23.6 Å². The minimum absolute atomic E-state index is 0.0763. The van der Waals surface area contributed by atoms with E-state index in [2.05, 4.69) is 24.4 Å². The molecule has 0 spiro atoms. The van der Waals surface area contributed by atoms with Gasteiger partial charge in [-0.15, -0.1) is 0 Å². The number of hydrogen-bond donors (Lipinski definition) is 1. The first-order chi connectivity index (χ1) is 7.04. The Balaban J connectivity index is 3.00. The largest absolute Gasteiger partial charge is 0.322 e. The van der Waals surface area contributed by atoms with Crippen molar-refractivity contribution in [1.29, 1.82) is 0 Å². The summed E-state index contributed by atoms with van der Waals surface area (Å²) in [5.41, 5.74) is 4.34. The fraction of sp³-hybridized carbons (Fsp3) is 0.308. The van der Waals surface area contributed by atoms with E-state index in [-0.39, 0.29) is 5.91 Å². The van der Waals surface area contributed by atoms with E-state index in [0.717, 1.165) is 16.8 Å². The van der Waals surface area contributed by atoms with Crippen LogP contribution in [0.25, 0.3) is 0 Å². The first-order valence-electron chi connectivity index (χ1n) is 5.06. The number of aryl methyl sites for hydroxylation is 3. The van der Waals surface area contributed by atoms with Gasteiger partial charge in [0, 0.05) is 5.69 Å². The molecule has 0 aromatic heterocycles. The molecular formula is C13H17NO. The lowest BCUT2D eigenvalue weighted by atomic mass is 10.1. The number of nitrogens with one attached hydrogen (secondary N) is 1. The second kappa shape index (κ2) is 4.78. The summed E-state index contributed by atoms with van der Waals surface area (Å²) < 4.78 is 0. The molecule has 0 fully saturated rings. The number of anilines is 1. The van der Waals surface area contributed by atoms with Gasteiger partial charge in [0.05, 0.1) is 0 Å². The summed E-state index contributed by atoms with van der Waals surface area (Å²) in [4.78, 5) is 11.4. The van der Waals surface area contributed by atoms with Gasteiger partial charge in [0.25, 0.3) is 0 Å². The van der Waals surface area contributed by atoms with Crippen molar-refractivity contribution in [2.24, 2.45) is 0 Å². The van der Waals surface area contributed by atoms with E-state index in [1.165, 1.54) is 11.6 Å². The van der Waals surface area contributed by atoms with Crippen LogP contribution in [-0.4, -0.2) is 5.91 Å². The molecule has 2 nitrogen and oxygen atoms in total. The highest BCUT2D eigenvalue weighted by Crippen LogP contribution is 2.21. The van der Waals surface area contributed by atoms with Crippen molar-refractivity contribution in [1.82, 2.24) is 0 Å². The Labute approximate surface area is 91.0 Å². The van der Waals surface area contributed by atoms with Crippen molar-refractivity contribution >= 4 is 11.6 Å². The first-order valence-corrected chi connectivity index (χ1v) is 5.06. The fourth-order valence-electron chi connectivity index (χ4n) is 1.69. The highest BCUT2D eigenvalue weighted by Gasteiger charge is 2.05. The maximum absolute atomic E-state index is 11.4. The Hall–Kier alpha value is -1.57. The van der Waals surface area contributed by atoms with E-state index in [4.69, 9.17) is 0 Å². The molecule has 0 saturated heterocycles. The summed E-state index contributed by atoms with van der Waals surface area (Å²) in [6.07, 6.45) is 3.26. The molecule has 15 heavy (non-hydrogen) atoms. The molecule has 0 saturated carbocycles. The maximum atomic E-state index is 11.4. The summed E-state index contributed by atoms with van der Waals surface area (Å²) in [6.45, 7) is 7.89. The number of benzene rings is 1. The molecule has 0 aliphatic rings. The first kappa shape index (κ1) is 11.5. The van der Waals surface area contributed by atoms with Gasteiger partial charge in [-0.3, -0.25) is 4.79 Å². The molecule has 0 unspecified atom stereocenters. The summed E-state index contributed by atoms with van der Waals surface area (Å²) in [6, 6.07) is 4.14. The lowest BCUT2D eigenvalue weighted by molar-refractivity contribution is -0.111. The highest BCUT2D eigenvalue weighted by atomic mass is 16.1. The Bertz CT molecular complexity index is 382. The Morgan fingerprint density at radius 3 is 2.20 bits per heavy atom. The van der Waals surface area contributed by atoms with Crippen LogP contribution in [0.15, 0.2) is 24.3 Å². The third-order valence-electron chi connectivity index (χ3n) is 2.24. The van der Waals surface area contributed by atoms with Crippen LogP contribution in [0.3, 0.4) is 0 Å². The number of amides is 1. The van der Waals surface area contributed by atoms with Crippen LogP contribution in [0.4, 0.5) is 5.69 Å². The van der Waals surface area contributed by atoms with Gasteiger partial charge in [-0.25, -0.2) is 0 Å². The maximum Gasteiger partial charge on any atom is 0.248 e. The van der Waals surface area contributed by atoms with E-state index < -0.39 is 0 Å². The molecule has 0 aliphatic heterocycles. The van der Waals surface area contributed by atoms with Gasteiger partial charge in [-0.1, -0.05) is 23.8 Å². The van der Waals surface area contributed by atoms with Gasteiger partial charge in [0.15, 0.2) is 0 Å². The Kier molecular flexibility index (Phi) is 3.67. The van der Waals surface area contributed by atoms with Crippen molar-refractivity contribution in [3.05, 3.63) is 41.0 Å². The van der Waals surface area contributed by atoms with Crippen LogP contribution in [-0.2, 0) is 4.79 Å². The van der Waals surface area contributed by atoms with Gasteiger partial charge in [0.2, 0.25) is 5.91 Å². The fourth-order valence-corrected chi connectivity index (χ4v) is 1.69. The van der Waals surface area contributed by atoms with Crippen LogP contribution in [0.2, 0.25) is 0 Å². The third kappa shape index (κ3) is 2.94. The Morgan fingerprint density at radius 2 is 1.73 bits per heavy atom. The zero-order chi connectivity index (χ0) is 11.4. The van der Waals surface area contributed by atoms with Gasteiger partial charge in [-0.2, -0.15) is 0 Å². The molecule has 0 bridgehead atoms. The van der Waals surface area contributed by atoms with Gasteiger partial charge < -0.3 is 5.32 Å². The summed E-state index contributed by atoms with van der Waals surface area (Å²) in [5.74, 6) is -0.0763. The molecule has 1 amide bonds. The van der Waals surface area contributed by atoms with Crippen LogP contribution in [0, 0.1) is 20.8 Å². The van der Waals surface area contributed by atoms with Crippen LogP contribution >= 0.6 is 0 Å². The van der Waals surface area contributed by atoms with E-state index in [0.29, 0.717) is 0 Å². The standard InChI is InChI=1S/C13H17NO/c1-5-6-12(15)14-13-10(3)7-9(2)8-11(13)4/h5-8H,1-4H3,(H,14,15). The summed E-state index contributed by atoms with van der Waals surface area (Å²) in [5, 5.41) is 2.88. The Morgan fingerprint density at radius 1 is 1.20 bits per heavy atom. The van der Waals surface area contributed by atoms with E-state index in [1.54, 1.807) is 6.08 Å². The van der Waals surface area contributed by atoms with Crippen molar-refractivity contribution in [3.8, 4) is 0 Å². The smallest absolute Gasteiger partial charge is 0.248 e. The lowest BCUT2D eigenvalue weighted by Crippen LogP contribution is -2.10. The van der Waals surface area contributed by atoms with Crippen LogP contribution < -0.4 is 5.32 Å². The minimum atomic E-state index is -0.0763. The molecule has 1 aromatic rings. The van der Waals surface area contributed by atoms with Crippen molar-refractivity contribution in [2.75, 3.05) is 5.32 Å². The number of hydrogen-bond acceptors (Lipinski definition) is 1. The van der Waals surface area contributed by atoms with Gasteiger partial charge in [0.1, 0.15) is 0 Å². The monoisotopic (exact) mass is 203 g/mol. The minimum Gasteiger partial charge on any atom is -0.322 e. The molecule has 0 aliphatic carbocycles. The molecule has 1 rings (SSSR count). The second-order valence-electron chi connectivity index (χ2n) is 3.76. The summed E-state index contributed by atoms with van der Waals surface area (Å²) in [7, 11) is 0. The topological polar surface area (TPSA) is 29.1 Å². The zero-order valence-corrected chi connectivity index (χ0v) is 9.72. The molecule has 0 atom stereocenters. The number of carbonyl (C=O) groups excluding carboxylic acids is 1. The average molecular weight is 203 g/mol. The van der Waals surface area contributed by atoms with Gasteiger partial charge in [-0.05, 0) is 44.9 Å². The number of allylic oxidation sites excluding steroid dienone is 1. The SMILES string of the molecule is CC=CC(=O)Nc1c(C)cc(C)cc1C. The van der Waals surface area contributed by atoms with Crippen molar-refractivity contribution in [2.45, 2.75) is 27.7 Å². The summed E-state index contributed by atoms with van der Waals surface area (Å²) >= 11 is 0. The van der Waals surface area contributed by atoms with E-state index in [9.17, 15) is 4.79 Å². The third-order valence-corrected chi connectivity index (χ3v) is 2.24. The van der Waals surface area contributed by atoms with Gasteiger partial charge >= 0.3 is 0 Å². The predicted molar refractivity (Wildman–Crippen MR) is 64.1 cm³/mol. The molecular weight excluding hydrogens is 186 g/mol. The lowest BCUT2D eigenvalue weighted by Gasteiger charge is -2.11. The predicted octanol–water partition coefficient (Wildman–Crippen LogP) is 3.13. The average Bonchev–Trinajstić information content (AvgIpc) is 2.11. The normalized spacial score (nSPS) is 10.7. The van der Waals surface area contributed by atoms with Crippen LogP contribution in [0.5, 0.6) is 0 Å². The molecule has 0 radical (unpaired) electrons. The van der Waals surface area contributed by atoms with Crippen molar-refractivity contribution in [3.63, 3.8) is 0 Å². The molecule has 1 N–H and O–H groups in total. The molecule has 2 heteroatoms. The number of rotatable bonds is 2. The zero-order valence-electron chi connectivity index (χ0n) is 9.72. The number of carbonyl (C=O) groups is 1. The highest BCUT2D eigenvalue weighted by molar-refractivity contribution is 6.00. The second-order valence-corrected chi connectivity index (χ2v) is 3.76. The van der Waals surface area contributed by atoms with E-state index >= 15 is 0 Å². The van der Waals surface area contributed by atoms with E-state index in [1.807, 2.05) is 20.8 Å². The molecule has 1 aromatic carbocycles. The molecule has 0 heterocycles. The quantitative estimate of drug-likeness (QED) is 0.735. The molecule has 80 valence electrons. The van der Waals surface area contributed by atoms with Crippen molar-refractivity contribution < 1.29 is 4.79 Å².